The average molecular weight is 265 g/mol. The minimum Gasteiger partial charge on any atom is -0.338 e. The van der Waals surface area contributed by atoms with Crippen LogP contribution in [-0.4, -0.2) is 54.0 Å². The van der Waals surface area contributed by atoms with Crippen LogP contribution in [0.5, 0.6) is 0 Å². The molecule has 3 rings (SSSR count). The van der Waals surface area contributed by atoms with E-state index in [1.165, 1.54) is 38.5 Å². The highest BCUT2D eigenvalue weighted by Crippen LogP contribution is 2.35. The van der Waals surface area contributed by atoms with E-state index in [0.29, 0.717) is 18.5 Å². The summed E-state index contributed by atoms with van der Waals surface area (Å²) in [7, 11) is 0. The van der Waals surface area contributed by atoms with Crippen LogP contribution in [-0.2, 0) is 4.79 Å². The van der Waals surface area contributed by atoms with E-state index in [0.717, 1.165) is 32.0 Å². The molecule has 1 aliphatic carbocycles. The molecule has 0 spiro atoms. The molecule has 0 bridgehead atoms. The van der Waals surface area contributed by atoms with Gasteiger partial charge in [0.1, 0.15) is 0 Å². The summed E-state index contributed by atoms with van der Waals surface area (Å²) >= 11 is 0. The van der Waals surface area contributed by atoms with E-state index >= 15 is 0 Å². The highest BCUT2D eigenvalue weighted by Gasteiger charge is 2.36. The first-order valence-electron chi connectivity index (χ1n) is 8.01. The van der Waals surface area contributed by atoms with E-state index < -0.39 is 0 Å². The van der Waals surface area contributed by atoms with Gasteiger partial charge in [-0.2, -0.15) is 0 Å². The van der Waals surface area contributed by atoms with Crippen molar-refractivity contribution in [2.75, 3.05) is 26.2 Å². The first-order chi connectivity index (χ1) is 9.24. The molecule has 0 aromatic carbocycles. The summed E-state index contributed by atoms with van der Waals surface area (Å²) in [6.45, 7) is 3.47. The van der Waals surface area contributed by atoms with Gasteiger partial charge in [-0.05, 0) is 38.0 Å². The number of carbonyl (C=O) groups excluding carboxylic acids is 1. The summed E-state index contributed by atoms with van der Waals surface area (Å²) in [4.78, 5) is 17.0. The molecule has 3 aliphatic rings. The molecule has 3 fully saturated rings. The SMILES string of the molecule is N[C@@H]1CCN(CC(=O)N2CCCC3CCCCC32)C1. The van der Waals surface area contributed by atoms with Gasteiger partial charge < -0.3 is 10.6 Å². The highest BCUT2D eigenvalue weighted by molar-refractivity contribution is 5.78. The van der Waals surface area contributed by atoms with Crippen molar-refractivity contribution >= 4 is 5.91 Å². The highest BCUT2D eigenvalue weighted by atomic mass is 16.2. The predicted octanol–water partition coefficient (Wildman–Crippen LogP) is 1.20. The lowest BCUT2D eigenvalue weighted by Crippen LogP contribution is -2.52. The number of piperidine rings is 1. The van der Waals surface area contributed by atoms with Crippen LogP contribution in [0, 0.1) is 5.92 Å². The maximum Gasteiger partial charge on any atom is 0.237 e. The van der Waals surface area contributed by atoms with Crippen molar-refractivity contribution in [2.24, 2.45) is 11.7 Å². The van der Waals surface area contributed by atoms with Gasteiger partial charge >= 0.3 is 0 Å². The number of fused-ring (bicyclic) bond motifs is 1. The Hall–Kier alpha value is -0.610. The van der Waals surface area contributed by atoms with Crippen LogP contribution in [0.4, 0.5) is 0 Å². The van der Waals surface area contributed by atoms with E-state index in [2.05, 4.69) is 9.80 Å². The van der Waals surface area contributed by atoms with Gasteiger partial charge in [0.05, 0.1) is 6.54 Å². The number of likely N-dealkylation sites (tertiary alicyclic amines) is 2. The lowest BCUT2D eigenvalue weighted by Gasteiger charge is -2.44. The molecule has 2 saturated heterocycles. The van der Waals surface area contributed by atoms with Crippen molar-refractivity contribution in [1.29, 1.82) is 0 Å². The molecule has 19 heavy (non-hydrogen) atoms. The number of hydrogen-bond donors (Lipinski definition) is 1. The summed E-state index contributed by atoms with van der Waals surface area (Å²) in [5.74, 6) is 1.14. The zero-order chi connectivity index (χ0) is 13.2. The Morgan fingerprint density at radius 1 is 1.05 bits per heavy atom. The molecular formula is C15H27N3O. The summed E-state index contributed by atoms with van der Waals surface area (Å²) in [6, 6.07) is 0.822. The first-order valence-corrected chi connectivity index (χ1v) is 8.01. The Labute approximate surface area is 116 Å². The molecule has 1 saturated carbocycles. The van der Waals surface area contributed by atoms with Crippen molar-refractivity contribution < 1.29 is 4.79 Å². The van der Waals surface area contributed by atoms with Crippen LogP contribution in [0.3, 0.4) is 0 Å². The van der Waals surface area contributed by atoms with E-state index in [1.54, 1.807) is 0 Å². The maximum atomic E-state index is 12.6. The number of nitrogens with two attached hydrogens (primary N) is 1. The van der Waals surface area contributed by atoms with Gasteiger partial charge in [-0.15, -0.1) is 0 Å². The Balaban J connectivity index is 1.58. The molecule has 2 aliphatic heterocycles. The zero-order valence-corrected chi connectivity index (χ0v) is 11.9. The molecule has 2 heterocycles. The third-order valence-corrected chi connectivity index (χ3v) is 5.23. The standard InChI is InChI=1S/C15H27N3O/c16-13-7-9-17(10-13)11-15(19)18-8-3-5-12-4-1-2-6-14(12)18/h12-14H,1-11,16H2/t12?,13-,14?/m1/s1. The predicted molar refractivity (Wildman–Crippen MR) is 75.7 cm³/mol. The lowest BCUT2D eigenvalue weighted by atomic mass is 9.78. The molecule has 0 aromatic heterocycles. The largest absolute Gasteiger partial charge is 0.338 e. The van der Waals surface area contributed by atoms with Crippen LogP contribution >= 0.6 is 0 Å². The minimum absolute atomic E-state index is 0.275. The van der Waals surface area contributed by atoms with Gasteiger partial charge in [0.15, 0.2) is 0 Å². The molecule has 0 aromatic rings. The Kier molecular flexibility index (Phi) is 4.08. The molecule has 4 nitrogen and oxygen atoms in total. The summed E-state index contributed by atoms with van der Waals surface area (Å²) in [5.41, 5.74) is 5.92. The lowest BCUT2D eigenvalue weighted by molar-refractivity contribution is -0.138. The third-order valence-electron chi connectivity index (χ3n) is 5.23. The Bertz CT molecular complexity index is 331. The minimum atomic E-state index is 0.275. The number of nitrogens with zero attached hydrogens (tertiary/aromatic N) is 2. The maximum absolute atomic E-state index is 12.6. The van der Waals surface area contributed by atoms with Crippen LogP contribution < -0.4 is 5.73 Å². The molecule has 108 valence electrons. The Morgan fingerprint density at radius 3 is 2.63 bits per heavy atom. The van der Waals surface area contributed by atoms with Crippen LogP contribution in [0.25, 0.3) is 0 Å². The van der Waals surface area contributed by atoms with Crippen molar-refractivity contribution in [3.05, 3.63) is 0 Å². The van der Waals surface area contributed by atoms with Crippen LogP contribution in [0.2, 0.25) is 0 Å². The summed E-state index contributed by atoms with van der Waals surface area (Å²) in [5, 5.41) is 0. The Morgan fingerprint density at radius 2 is 1.84 bits per heavy atom. The zero-order valence-electron chi connectivity index (χ0n) is 11.9. The van der Waals surface area contributed by atoms with Gasteiger partial charge in [-0.3, -0.25) is 9.69 Å². The summed E-state index contributed by atoms with van der Waals surface area (Å²) in [6.07, 6.45) is 8.82. The quantitative estimate of drug-likeness (QED) is 0.816. The van der Waals surface area contributed by atoms with Crippen LogP contribution in [0.15, 0.2) is 0 Å². The molecule has 1 amide bonds. The van der Waals surface area contributed by atoms with Crippen molar-refractivity contribution in [3.8, 4) is 0 Å². The van der Waals surface area contributed by atoms with Crippen molar-refractivity contribution in [2.45, 2.75) is 57.0 Å². The van der Waals surface area contributed by atoms with Crippen molar-refractivity contribution in [1.82, 2.24) is 9.80 Å². The second-order valence-corrected chi connectivity index (χ2v) is 6.63. The van der Waals surface area contributed by atoms with E-state index in [4.69, 9.17) is 5.73 Å². The van der Waals surface area contributed by atoms with Crippen molar-refractivity contribution in [3.63, 3.8) is 0 Å². The number of amides is 1. The topological polar surface area (TPSA) is 49.6 Å². The first kappa shape index (κ1) is 13.4. The number of rotatable bonds is 2. The van der Waals surface area contributed by atoms with Gasteiger partial charge in [-0.25, -0.2) is 0 Å². The van der Waals surface area contributed by atoms with Crippen LogP contribution in [0.1, 0.15) is 44.9 Å². The fourth-order valence-electron chi connectivity index (χ4n) is 4.22. The molecule has 4 heteroatoms. The molecule has 2 N–H and O–H groups in total. The molecule has 0 radical (unpaired) electrons. The average Bonchev–Trinajstić information content (AvgIpc) is 2.83. The third kappa shape index (κ3) is 2.95. The molecule has 3 atom stereocenters. The van der Waals surface area contributed by atoms with E-state index in [1.807, 2.05) is 0 Å². The second-order valence-electron chi connectivity index (χ2n) is 6.63. The second kappa shape index (κ2) is 5.80. The molecule has 2 unspecified atom stereocenters. The summed E-state index contributed by atoms with van der Waals surface area (Å²) < 4.78 is 0. The van der Waals surface area contributed by atoms with E-state index in [9.17, 15) is 4.79 Å². The smallest absolute Gasteiger partial charge is 0.237 e. The molecular weight excluding hydrogens is 238 g/mol. The normalized spacial score (nSPS) is 36.3. The van der Waals surface area contributed by atoms with Gasteiger partial charge in [0.25, 0.3) is 0 Å². The monoisotopic (exact) mass is 265 g/mol. The number of carbonyl (C=O) groups is 1. The van der Waals surface area contributed by atoms with Gasteiger partial charge in [0, 0.05) is 31.7 Å². The fraction of sp³-hybridized carbons (Fsp3) is 0.933. The fourth-order valence-corrected chi connectivity index (χ4v) is 4.22. The van der Waals surface area contributed by atoms with E-state index in [-0.39, 0.29) is 6.04 Å². The van der Waals surface area contributed by atoms with Gasteiger partial charge in [0.2, 0.25) is 5.91 Å². The number of hydrogen-bond acceptors (Lipinski definition) is 3. The van der Waals surface area contributed by atoms with Gasteiger partial charge in [-0.1, -0.05) is 12.8 Å².